The number of fused-ring (bicyclic) bond motifs is 1. The number of nitro groups is 1. The zero-order valence-electron chi connectivity index (χ0n) is 14.8. The lowest BCUT2D eigenvalue weighted by molar-refractivity contribution is -0.482. The molecule has 0 N–H and O–H groups in total. The minimum atomic E-state index is -0.159. The average molecular weight is 338 g/mol. The van der Waals surface area contributed by atoms with Gasteiger partial charge in [0.25, 0.3) is 0 Å². The van der Waals surface area contributed by atoms with Gasteiger partial charge in [-0.25, -0.2) is 0 Å². The van der Waals surface area contributed by atoms with Crippen molar-refractivity contribution in [3.63, 3.8) is 0 Å². The van der Waals surface area contributed by atoms with E-state index in [2.05, 4.69) is 42.2 Å². The fourth-order valence-electron chi connectivity index (χ4n) is 3.94. The van der Waals surface area contributed by atoms with Gasteiger partial charge in [0.1, 0.15) is 0 Å². The van der Waals surface area contributed by atoms with Crippen LogP contribution in [0.15, 0.2) is 54.6 Å². The van der Waals surface area contributed by atoms with Crippen LogP contribution in [0.25, 0.3) is 0 Å². The second kappa shape index (κ2) is 8.15. The first-order valence-corrected chi connectivity index (χ1v) is 9.20. The molecule has 2 aromatic carbocycles. The maximum Gasteiger partial charge on any atom is 0.223 e. The molecule has 0 amide bonds. The molecular formula is C21H26N2O2. The average Bonchev–Trinajstić information content (AvgIpc) is 2.62. The number of anilines is 1. The summed E-state index contributed by atoms with van der Waals surface area (Å²) in [5, 5.41) is 11.3. The molecule has 0 bridgehead atoms. The zero-order chi connectivity index (χ0) is 17.6. The van der Waals surface area contributed by atoms with Crippen molar-refractivity contribution in [1.82, 2.24) is 0 Å². The minimum Gasteiger partial charge on any atom is -0.357 e. The number of para-hydroxylation sites is 1. The molecule has 1 aliphatic rings. The van der Waals surface area contributed by atoms with E-state index in [-0.39, 0.29) is 17.5 Å². The first kappa shape index (κ1) is 17.5. The maximum atomic E-state index is 11.3. The summed E-state index contributed by atoms with van der Waals surface area (Å²) in [5.74, 6) is 0.424. The van der Waals surface area contributed by atoms with Crippen LogP contribution in [0.3, 0.4) is 0 Å². The topological polar surface area (TPSA) is 46.4 Å². The highest BCUT2D eigenvalue weighted by Gasteiger charge is 2.34. The highest BCUT2D eigenvalue weighted by atomic mass is 16.6. The van der Waals surface area contributed by atoms with E-state index in [0.29, 0.717) is 5.92 Å². The number of rotatable bonds is 7. The normalized spacial score (nSPS) is 19.5. The number of hydrogen-bond acceptors (Lipinski definition) is 3. The van der Waals surface area contributed by atoms with Gasteiger partial charge in [0, 0.05) is 17.2 Å². The first-order valence-electron chi connectivity index (χ1n) is 9.20. The molecule has 132 valence electrons. The van der Waals surface area contributed by atoms with Crippen LogP contribution in [0.5, 0.6) is 0 Å². The van der Waals surface area contributed by atoms with Crippen LogP contribution in [0.1, 0.15) is 49.7 Å². The van der Waals surface area contributed by atoms with Gasteiger partial charge in [0.05, 0.1) is 6.04 Å². The number of hydrogen-bond donors (Lipinski definition) is 0. The third-order valence-corrected chi connectivity index (χ3v) is 5.15. The van der Waals surface area contributed by atoms with Crippen LogP contribution in [-0.4, -0.2) is 17.5 Å². The van der Waals surface area contributed by atoms with Gasteiger partial charge < -0.3 is 4.90 Å². The number of unbranched alkanes of at least 4 members (excludes halogenated alkanes) is 1. The third kappa shape index (κ3) is 4.19. The zero-order valence-corrected chi connectivity index (χ0v) is 14.8. The minimum absolute atomic E-state index is 0.00376. The molecule has 0 radical (unpaired) electrons. The van der Waals surface area contributed by atoms with Gasteiger partial charge in [-0.05, 0) is 36.0 Å². The predicted octanol–water partition coefficient (Wildman–Crippen LogP) is 5.02. The molecule has 0 aliphatic carbocycles. The Morgan fingerprint density at radius 2 is 1.84 bits per heavy atom. The second-order valence-electron chi connectivity index (χ2n) is 6.92. The lowest BCUT2D eigenvalue weighted by atomic mass is 9.82. The van der Waals surface area contributed by atoms with Crippen molar-refractivity contribution in [3.05, 3.63) is 75.8 Å². The molecule has 2 aromatic rings. The van der Waals surface area contributed by atoms with E-state index in [4.69, 9.17) is 0 Å². The summed E-state index contributed by atoms with van der Waals surface area (Å²) in [6, 6.07) is 18.7. The fraction of sp³-hybridized carbons (Fsp3) is 0.429. The summed E-state index contributed by atoms with van der Waals surface area (Å²) in [6.07, 6.45) is 4.31. The molecule has 0 aromatic heterocycles. The van der Waals surface area contributed by atoms with Gasteiger partial charge in [0.2, 0.25) is 6.54 Å². The molecule has 0 saturated carbocycles. The molecule has 25 heavy (non-hydrogen) atoms. The highest BCUT2D eigenvalue weighted by molar-refractivity contribution is 5.58. The number of benzene rings is 2. The highest BCUT2D eigenvalue weighted by Crippen LogP contribution is 2.41. The van der Waals surface area contributed by atoms with Crippen LogP contribution in [-0.2, 0) is 6.54 Å². The molecule has 3 rings (SSSR count). The van der Waals surface area contributed by atoms with Gasteiger partial charge in [-0.15, -0.1) is 0 Å². The lowest BCUT2D eigenvalue weighted by Crippen LogP contribution is -2.44. The Kier molecular flexibility index (Phi) is 5.69. The van der Waals surface area contributed by atoms with Crippen LogP contribution < -0.4 is 4.90 Å². The predicted molar refractivity (Wildman–Crippen MR) is 102 cm³/mol. The van der Waals surface area contributed by atoms with E-state index in [0.717, 1.165) is 25.8 Å². The Hall–Kier alpha value is -2.36. The Morgan fingerprint density at radius 1 is 1.12 bits per heavy atom. The van der Waals surface area contributed by atoms with Crippen molar-refractivity contribution >= 4 is 5.69 Å². The SMILES string of the molecule is CCCCC1CC(C[N+](=O)[O-])N(Cc2ccccc2)c2ccccc21. The second-order valence-corrected chi connectivity index (χ2v) is 6.92. The van der Waals surface area contributed by atoms with Crippen molar-refractivity contribution < 1.29 is 4.92 Å². The fourth-order valence-corrected chi connectivity index (χ4v) is 3.94. The monoisotopic (exact) mass is 338 g/mol. The molecule has 1 aliphatic heterocycles. The van der Waals surface area contributed by atoms with E-state index in [9.17, 15) is 10.1 Å². The summed E-state index contributed by atoms with van der Waals surface area (Å²) >= 11 is 0. The Morgan fingerprint density at radius 3 is 2.56 bits per heavy atom. The molecule has 0 spiro atoms. The van der Waals surface area contributed by atoms with Crippen molar-refractivity contribution in [2.24, 2.45) is 0 Å². The summed E-state index contributed by atoms with van der Waals surface area (Å²) in [4.78, 5) is 13.4. The van der Waals surface area contributed by atoms with Crippen LogP contribution in [0, 0.1) is 10.1 Å². The molecule has 4 heteroatoms. The van der Waals surface area contributed by atoms with Gasteiger partial charge in [0.15, 0.2) is 0 Å². The largest absolute Gasteiger partial charge is 0.357 e. The van der Waals surface area contributed by atoms with E-state index >= 15 is 0 Å². The van der Waals surface area contributed by atoms with Gasteiger partial charge >= 0.3 is 0 Å². The summed E-state index contributed by atoms with van der Waals surface area (Å²) in [5.41, 5.74) is 3.72. The van der Waals surface area contributed by atoms with Crippen molar-refractivity contribution in [1.29, 1.82) is 0 Å². The van der Waals surface area contributed by atoms with Crippen molar-refractivity contribution in [2.75, 3.05) is 11.4 Å². The quantitative estimate of drug-likeness (QED) is 0.526. The molecule has 2 atom stereocenters. The van der Waals surface area contributed by atoms with Gasteiger partial charge in [-0.3, -0.25) is 10.1 Å². The molecule has 0 saturated heterocycles. The van der Waals surface area contributed by atoms with E-state index in [1.165, 1.54) is 23.2 Å². The Bertz CT molecular complexity index is 702. The number of nitrogens with zero attached hydrogens (tertiary/aromatic N) is 2. The van der Waals surface area contributed by atoms with Crippen LogP contribution in [0.4, 0.5) is 5.69 Å². The van der Waals surface area contributed by atoms with Gasteiger partial charge in [-0.1, -0.05) is 68.3 Å². The molecule has 0 fully saturated rings. The van der Waals surface area contributed by atoms with Crippen molar-refractivity contribution in [3.8, 4) is 0 Å². The van der Waals surface area contributed by atoms with Gasteiger partial charge in [-0.2, -0.15) is 0 Å². The maximum absolute atomic E-state index is 11.3. The third-order valence-electron chi connectivity index (χ3n) is 5.15. The molecule has 1 heterocycles. The van der Waals surface area contributed by atoms with Crippen LogP contribution in [0.2, 0.25) is 0 Å². The van der Waals surface area contributed by atoms with E-state index in [1.807, 2.05) is 24.3 Å². The lowest BCUT2D eigenvalue weighted by Gasteiger charge is -2.41. The summed E-state index contributed by atoms with van der Waals surface area (Å²) in [7, 11) is 0. The standard InChI is InChI=1S/C21H26N2O2/c1-2-3-11-18-14-19(16-23(24)25)22(15-17-9-5-4-6-10-17)21-13-8-7-12-20(18)21/h4-10,12-13,18-19H,2-3,11,14-16H2,1H3. The Balaban J connectivity index is 1.94. The Labute approximate surface area is 149 Å². The smallest absolute Gasteiger partial charge is 0.223 e. The molecular weight excluding hydrogens is 312 g/mol. The molecule has 4 nitrogen and oxygen atoms in total. The summed E-state index contributed by atoms with van der Waals surface area (Å²) < 4.78 is 0. The van der Waals surface area contributed by atoms with Crippen LogP contribution >= 0.6 is 0 Å². The van der Waals surface area contributed by atoms with E-state index in [1.54, 1.807) is 0 Å². The van der Waals surface area contributed by atoms with E-state index < -0.39 is 0 Å². The molecule has 2 unspecified atom stereocenters. The summed E-state index contributed by atoms with van der Waals surface area (Å²) in [6.45, 7) is 2.92. The first-order chi connectivity index (χ1) is 12.2. The van der Waals surface area contributed by atoms with Crippen molar-refractivity contribution in [2.45, 2.75) is 51.1 Å².